The molecule has 0 spiro atoms. The maximum absolute atomic E-state index is 6.05. The monoisotopic (exact) mass is 484 g/mol. The predicted molar refractivity (Wildman–Crippen MR) is 107 cm³/mol. The average molecular weight is 485 g/mol. The van der Waals surface area contributed by atoms with Gasteiger partial charge in [-0.05, 0) is 12.1 Å². The van der Waals surface area contributed by atoms with Crippen molar-refractivity contribution < 1.29 is 4.74 Å². The van der Waals surface area contributed by atoms with Gasteiger partial charge in [0, 0.05) is 14.1 Å². The lowest BCUT2D eigenvalue weighted by atomic mass is 10.3. The number of ether oxygens (including phenoxy) is 1. The van der Waals surface area contributed by atoms with E-state index in [9.17, 15) is 0 Å². The predicted octanol–water partition coefficient (Wildman–Crippen LogP) is 2.48. The van der Waals surface area contributed by atoms with E-state index < -0.39 is 0 Å². The lowest BCUT2D eigenvalue weighted by Gasteiger charge is -2.13. The third kappa shape index (κ3) is 5.99. The normalized spacial score (nSPS) is 10.9. The van der Waals surface area contributed by atoms with E-state index in [1.165, 1.54) is 6.33 Å². The Morgan fingerprint density at radius 2 is 2.12 bits per heavy atom. The number of nitrogens with zero attached hydrogens (tertiary/aromatic N) is 4. The molecule has 0 radical (unpaired) electrons. The first-order valence-electron chi connectivity index (χ1n) is 6.96. The summed E-state index contributed by atoms with van der Waals surface area (Å²) in [5.41, 5.74) is 0. The number of nitrogens with one attached hydrogen (secondary N) is 2. The molecule has 0 aliphatic heterocycles. The van der Waals surface area contributed by atoms with E-state index in [0.717, 1.165) is 5.82 Å². The van der Waals surface area contributed by atoms with Crippen molar-refractivity contribution in [3.8, 4) is 5.75 Å². The van der Waals surface area contributed by atoms with Crippen molar-refractivity contribution >= 4 is 53.1 Å². The molecule has 7 nitrogen and oxygen atoms in total. The number of aromatic nitrogens is 3. The number of hydrogen-bond acceptors (Lipinski definition) is 4. The molecule has 0 bridgehead atoms. The third-order valence-corrected chi connectivity index (χ3v) is 3.81. The molecular formula is C14H19Cl2IN6O. The number of aryl methyl sites for hydroxylation is 1. The van der Waals surface area contributed by atoms with Crippen LogP contribution in [-0.4, -0.2) is 40.9 Å². The van der Waals surface area contributed by atoms with E-state index >= 15 is 0 Å². The third-order valence-electron chi connectivity index (χ3n) is 3.01. The number of aliphatic imine (C=N–C) groups is 1. The second kappa shape index (κ2) is 10.6. The molecule has 1 aromatic carbocycles. The molecule has 132 valence electrons. The van der Waals surface area contributed by atoms with Crippen LogP contribution in [0.4, 0.5) is 0 Å². The molecule has 2 aromatic rings. The summed E-state index contributed by atoms with van der Waals surface area (Å²) in [7, 11) is 3.53. The first kappa shape index (κ1) is 20.8. The first-order chi connectivity index (χ1) is 11.1. The van der Waals surface area contributed by atoms with Crippen LogP contribution in [0.15, 0.2) is 29.5 Å². The summed E-state index contributed by atoms with van der Waals surface area (Å²) >= 11 is 12.0. The molecule has 10 heteroatoms. The fourth-order valence-corrected chi connectivity index (χ4v) is 2.14. The summed E-state index contributed by atoms with van der Waals surface area (Å²) < 4.78 is 7.29. The molecule has 2 rings (SSSR count). The highest BCUT2D eigenvalue weighted by Gasteiger charge is 2.06. The van der Waals surface area contributed by atoms with Gasteiger partial charge in [-0.1, -0.05) is 29.3 Å². The Morgan fingerprint density at radius 1 is 1.33 bits per heavy atom. The van der Waals surface area contributed by atoms with Crippen molar-refractivity contribution in [2.24, 2.45) is 12.0 Å². The Bertz CT molecular complexity index is 679. The van der Waals surface area contributed by atoms with Crippen LogP contribution in [0.1, 0.15) is 5.82 Å². The van der Waals surface area contributed by atoms with Crippen LogP contribution in [0.25, 0.3) is 0 Å². The molecule has 0 amide bonds. The lowest BCUT2D eigenvalue weighted by molar-refractivity contribution is 0.322. The van der Waals surface area contributed by atoms with Crippen molar-refractivity contribution in [1.29, 1.82) is 0 Å². The maximum atomic E-state index is 6.05. The Hall–Kier alpha value is -1.26. The molecule has 0 fully saturated rings. The highest BCUT2D eigenvalue weighted by Crippen LogP contribution is 2.31. The zero-order valence-corrected chi connectivity index (χ0v) is 17.1. The molecule has 1 heterocycles. The summed E-state index contributed by atoms with van der Waals surface area (Å²) in [5.74, 6) is 2.02. The van der Waals surface area contributed by atoms with Gasteiger partial charge in [-0.3, -0.25) is 9.67 Å². The zero-order valence-electron chi connectivity index (χ0n) is 13.3. The van der Waals surface area contributed by atoms with E-state index in [4.69, 9.17) is 27.9 Å². The lowest BCUT2D eigenvalue weighted by Crippen LogP contribution is -2.39. The van der Waals surface area contributed by atoms with Crippen molar-refractivity contribution in [2.45, 2.75) is 6.54 Å². The number of guanidine groups is 1. The molecule has 2 N–H and O–H groups in total. The molecule has 1 aromatic heterocycles. The minimum atomic E-state index is 0. The smallest absolute Gasteiger partial charge is 0.191 e. The van der Waals surface area contributed by atoms with E-state index in [-0.39, 0.29) is 24.0 Å². The molecule has 0 unspecified atom stereocenters. The van der Waals surface area contributed by atoms with Crippen molar-refractivity contribution in [2.75, 3.05) is 20.2 Å². The SMILES string of the molecule is CN=C(NCCOc1cccc(Cl)c1Cl)NCc1ncnn1C.I. The summed E-state index contributed by atoms with van der Waals surface area (Å²) in [6.45, 7) is 1.50. The van der Waals surface area contributed by atoms with Crippen LogP contribution in [0, 0.1) is 0 Å². The Kier molecular flexibility index (Phi) is 9.16. The van der Waals surface area contributed by atoms with Crippen LogP contribution < -0.4 is 15.4 Å². The van der Waals surface area contributed by atoms with Crippen molar-refractivity contribution in [1.82, 2.24) is 25.4 Å². The second-order valence-electron chi connectivity index (χ2n) is 4.55. The van der Waals surface area contributed by atoms with Crippen LogP contribution >= 0.6 is 47.2 Å². The van der Waals surface area contributed by atoms with E-state index in [1.54, 1.807) is 29.9 Å². The minimum Gasteiger partial charge on any atom is -0.490 e. The first-order valence-corrected chi connectivity index (χ1v) is 7.71. The number of benzene rings is 1. The summed E-state index contributed by atoms with van der Waals surface area (Å²) in [5, 5.41) is 11.2. The highest BCUT2D eigenvalue weighted by molar-refractivity contribution is 14.0. The Balaban J connectivity index is 0.00000288. The average Bonchev–Trinajstić information content (AvgIpc) is 2.96. The van der Waals surface area contributed by atoms with Crippen LogP contribution in [0.5, 0.6) is 5.75 Å². The standard InChI is InChI=1S/C14H18Cl2N6O.HI/c1-17-14(19-8-12-20-9-21-22(12)2)18-6-7-23-11-5-3-4-10(15)13(11)16;/h3-5,9H,6-8H2,1-2H3,(H2,17,18,19);1H. The van der Waals surface area contributed by atoms with Gasteiger partial charge >= 0.3 is 0 Å². The van der Waals surface area contributed by atoms with Crippen LogP contribution in [0.2, 0.25) is 10.0 Å². The van der Waals surface area contributed by atoms with Gasteiger partial charge in [0.25, 0.3) is 0 Å². The van der Waals surface area contributed by atoms with Crippen molar-refractivity contribution in [3.05, 3.63) is 40.4 Å². The van der Waals surface area contributed by atoms with Gasteiger partial charge in [0.2, 0.25) is 0 Å². The number of halogens is 3. The molecule has 24 heavy (non-hydrogen) atoms. The van der Waals surface area contributed by atoms with Gasteiger partial charge in [0.15, 0.2) is 5.96 Å². The zero-order chi connectivity index (χ0) is 16.7. The minimum absolute atomic E-state index is 0. The van der Waals surface area contributed by atoms with Gasteiger partial charge in [0.1, 0.15) is 29.5 Å². The van der Waals surface area contributed by atoms with Gasteiger partial charge < -0.3 is 15.4 Å². The largest absolute Gasteiger partial charge is 0.490 e. The summed E-state index contributed by atoms with van der Waals surface area (Å²) in [6.07, 6.45) is 1.51. The summed E-state index contributed by atoms with van der Waals surface area (Å²) in [4.78, 5) is 8.26. The van der Waals surface area contributed by atoms with Crippen LogP contribution in [0.3, 0.4) is 0 Å². The van der Waals surface area contributed by atoms with Crippen molar-refractivity contribution in [3.63, 3.8) is 0 Å². The van der Waals surface area contributed by atoms with Gasteiger partial charge in [0.05, 0.1) is 18.1 Å². The van der Waals surface area contributed by atoms with E-state index in [1.807, 2.05) is 7.05 Å². The number of hydrogen-bond donors (Lipinski definition) is 2. The number of rotatable bonds is 6. The Labute approximate surface area is 167 Å². The maximum Gasteiger partial charge on any atom is 0.191 e. The summed E-state index contributed by atoms with van der Waals surface area (Å²) in [6, 6.07) is 5.28. The van der Waals surface area contributed by atoms with E-state index in [2.05, 4.69) is 25.7 Å². The molecular weight excluding hydrogens is 466 g/mol. The molecule has 0 aliphatic rings. The molecule has 0 saturated heterocycles. The molecule has 0 atom stereocenters. The van der Waals surface area contributed by atoms with Gasteiger partial charge in [-0.25, -0.2) is 4.98 Å². The topological polar surface area (TPSA) is 76.4 Å². The highest BCUT2D eigenvalue weighted by atomic mass is 127. The van der Waals surface area contributed by atoms with Gasteiger partial charge in [-0.2, -0.15) is 5.10 Å². The van der Waals surface area contributed by atoms with E-state index in [0.29, 0.717) is 41.5 Å². The van der Waals surface area contributed by atoms with Crippen LogP contribution in [-0.2, 0) is 13.6 Å². The molecule has 0 saturated carbocycles. The fraction of sp³-hybridized carbons (Fsp3) is 0.357. The van der Waals surface area contributed by atoms with Gasteiger partial charge in [-0.15, -0.1) is 24.0 Å². The fourth-order valence-electron chi connectivity index (χ4n) is 1.79. The second-order valence-corrected chi connectivity index (χ2v) is 5.34. The molecule has 0 aliphatic carbocycles. The quantitative estimate of drug-likeness (QED) is 0.285. The Morgan fingerprint density at radius 3 is 2.79 bits per heavy atom.